The molecule has 0 saturated heterocycles. The zero-order chi connectivity index (χ0) is 12.2. The fourth-order valence-corrected chi connectivity index (χ4v) is 1.22. The molecule has 0 aliphatic heterocycles. The third-order valence-electron chi connectivity index (χ3n) is 2.19. The zero-order valence-electron chi connectivity index (χ0n) is 10.7. The van der Waals surface area contributed by atoms with Crippen LogP contribution >= 0.6 is 0 Å². The van der Waals surface area contributed by atoms with E-state index >= 15 is 0 Å². The summed E-state index contributed by atoms with van der Waals surface area (Å²) in [6, 6.07) is 0. The van der Waals surface area contributed by atoms with Crippen LogP contribution in [0.15, 0.2) is 0 Å². The van der Waals surface area contributed by atoms with Crippen LogP contribution in [-0.4, -0.2) is 39.0 Å². The Morgan fingerprint density at radius 3 is 2.69 bits per heavy atom. The van der Waals surface area contributed by atoms with Crippen LogP contribution in [0.1, 0.15) is 39.5 Å². The average Bonchev–Trinajstić information content (AvgIpc) is 2.26. The summed E-state index contributed by atoms with van der Waals surface area (Å²) in [5.41, 5.74) is 0. The Hall–Kier alpha value is -0.450. The van der Waals surface area contributed by atoms with Crippen LogP contribution in [0, 0.1) is 0 Å². The van der Waals surface area contributed by atoms with Crippen molar-refractivity contribution in [2.75, 3.05) is 27.1 Å². The number of ether oxygens (including phenoxy) is 3. The molecule has 0 amide bonds. The zero-order valence-corrected chi connectivity index (χ0v) is 10.7. The number of methoxy groups -OCH3 is 1. The number of carbonyl (C=O) groups excluding carboxylic acids is 1. The van der Waals surface area contributed by atoms with Crippen LogP contribution in [0.2, 0.25) is 0 Å². The van der Waals surface area contributed by atoms with E-state index in [4.69, 9.17) is 14.2 Å². The van der Waals surface area contributed by atoms with E-state index in [9.17, 15) is 4.79 Å². The Morgan fingerprint density at radius 2 is 2.06 bits per heavy atom. The van der Waals surface area contributed by atoms with Gasteiger partial charge < -0.3 is 14.2 Å². The summed E-state index contributed by atoms with van der Waals surface area (Å²) in [5.74, 6) is 0.270. The van der Waals surface area contributed by atoms with Crippen LogP contribution in [-0.2, 0) is 19.0 Å². The number of rotatable bonds is 11. The molecule has 4 heteroatoms. The van der Waals surface area contributed by atoms with Crippen LogP contribution in [0.5, 0.6) is 0 Å². The fourth-order valence-electron chi connectivity index (χ4n) is 1.22. The highest BCUT2D eigenvalue weighted by Crippen LogP contribution is 2.04. The van der Waals surface area contributed by atoms with E-state index in [-0.39, 0.29) is 18.7 Å². The van der Waals surface area contributed by atoms with Crippen molar-refractivity contribution in [1.29, 1.82) is 0 Å². The summed E-state index contributed by atoms with van der Waals surface area (Å²) in [7, 11) is 1.62. The van der Waals surface area contributed by atoms with E-state index in [1.54, 1.807) is 7.11 Å². The third-order valence-corrected chi connectivity index (χ3v) is 2.19. The van der Waals surface area contributed by atoms with Gasteiger partial charge in [0.15, 0.2) is 0 Å². The molecule has 0 saturated carbocycles. The highest BCUT2D eigenvalue weighted by Gasteiger charge is 2.08. The van der Waals surface area contributed by atoms with Crippen LogP contribution < -0.4 is 0 Å². The number of unbranched alkanes of at least 4 members (excludes halogenated alkanes) is 1. The van der Waals surface area contributed by atoms with E-state index in [0.29, 0.717) is 26.1 Å². The van der Waals surface area contributed by atoms with Gasteiger partial charge >= 0.3 is 0 Å². The molecule has 1 atom stereocenters. The van der Waals surface area contributed by atoms with Gasteiger partial charge in [-0.2, -0.15) is 0 Å². The second-order valence-electron chi connectivity index (χ2n) is 3.84. The van der Waals surface area contributed by atoms with Crippen molar-refractivity contribution in [2.45, 2.75) is 45.6 Å². The van der Waals surface area contributed by atoms with Crippen molar-refractivity contribution in [3.63, 3.8) is 0 Å². The molecule has 0 aromatic heterocycles. The first-order valence-electron chi connectivity index (χ1n) is 5.90. The minimum atomic E-state index is -0.0631. The van der Waals surface area contributed by atoms with Gasteiger partial charge in [0.05, 0.1) is 19.3 Å². The molecular weight excluding hydrogens is 208 g/mol. The molecule has 96 valence electrons. The topological polar surface area (TPSA) is 44.8 Å². The maximum atomic E-state index is 11.4. The molecule has 4 nitrogen and oxygen atoms in total. The SMILES string of the molecule is CCCCC(=O)CC(C)OCOCCOC. The molecule has 0 spiro atoms. The molecule has 0 heterocycles. The number of carbonyl (C=O) groups is 1. The van der Waals surface area contributed by atoms with Gasteiger partial charge in [-0.05, 0) is 13.3 Å². The number of ketones is 1. The fraction of sp³-hybridized carbons (Fsp3) is 0.917. The largest absolute Gasteiger partial charge is 0.382 e. The Balaban J connectivity index is 3.35. The van der Waals surface area contributed by atoms with Crippen molar-refractivity contribution < 1.29 is 19.0 Å². The van der Waals surface area contributed by atoms with E-state index < -0.39 is 0 Å². The first kappa shape index (κ1) is 15.6. The van der Waals surface area contributed by atoms with Gasteiger partial charge in [0.1, 0.15) is 12.6 Å². The normalized spacial score (nSPS) is 12.7. The minimum absolute atomic E-state index is 0.0631. The summed E-state index contributed by atoms with van der Waals surface area (Å²) in [6.07, 6.45) is 3.10. The van der Waals surface area contributed by atoms with Gasteiger partial charge in [0.25, 0.3) is 0 Å². The predicted octanol–water partition coefficient (Wildman–Crippen LogP) is 2.16. The van der Waals surface area contributed by atoms with E-state index in [1.165, 1.54) is 0 Å². The van der Waals surface area contributed by atoms with E-state index in [0.717, 1.165) is 12.8 Å². The Bertz CT molecular complexity index is 170. The average molecular weight is 232 g/mol. The monoisotopic (exact) mass is 232 g/mol. The van der Waals surface area contributed by atoms with Crippen molar-refractivity contribution in [2.24, 2.45) is 0 Å². The number of Topliss-reactive ketones (excluding diaryl/α,β-unsaturated/α-hetero) is 1. The van der Waals surface area contributed by atoms with E-state index in [2.05, 4.69) is 6.92 Å². The third kappa shape index (κ3) is 10.1. The highest BCUT2D eigenvalue weighted by atomic mass is 16.7. The van der Waals surface area contributed by atoms with Gasteiger partial charge in [-0.1, -0.05) is 13.3 Å². The summed E-state index contributed by atoms with van der Waals surface area (Å²) >= 11 is 0. The molecule has 0 N–H and O–H groups in total. The summed E-state index contributed by atoms with van der Waals surface area (Å²) in [5, 5.41) is 0. The first-order valence-corrected chi connectivity index (χ1v) is 5.90. The lowest BCUT2D eigenvalue weighted by molar-refractivity contribution is -0.127. The second kappa shape index (κ2) is 11.0. The van der Waals surface area contributed by atoms with Crippen molar-refractivity contribution in [1.82, 2.24) is 0 Å². The van der Waals surface area contributed by atoms with Crippen molar-refractivity contribution in [3.05, 3.63) is 0 Å². The number of hydrogen-bond donors (Lipinski definition) is 0. The summed E-state index contributed by atoms with van der Waals surface area (Å²) in [4.78, 5) is 11.4. The molecule has 0 aromatic rings. The lowest BCUT2D eigenvalue weighted by Gasteiger charge is -2.12. The van der Waals surface area contributed by atoms with Gasteiger partial charge in [0, 0.05) is 20.0 Å². The maximum Gasteiger partial charge on any atom is 0.147 e. The van der Waals surface area contributed by atoms with Gasteiger partial charge in [-0.3, -0.25) is 4.79 Å². The molecular formula is C12H24O4. The molecule has 1 unspecified atom stereocenters. The van der Waals surface area contributed by atoms with E-state index in [1.807, 2.05) is 6.92 Å². The molecule has 0 aliphatic carbocycles. The van der Waals surface area contributed by atoms with Crippen molar-refractivity contribution in [3.8, 4) is 0 Å². The minimum Gasteiger partial charge on any atom is -0.382 e. The summed E-state index contributed by atoms with van der Waals surface area (Å²) < 4.78 is 15.3. The predicted molar refractivity (Wildman–Crippen MR) is 62.4 cm³/mol. The Morgan fingerprint density at radius 1 is 1.31 bits per heavy atom. The molecule has 0 aliphatic rings. The van der Waals surface area contributed by atoms with Gasteiger partial charge in [0.2, 0.25) is 0 Å². The lowest BCUT2D eigenvalue weighted by Crippen LogP contribution is -2.17. The molecule has 0 fully saturated rings. The van der Waals surface area contributed by atoms with Gasteiger partial charge in [-0.15, -0.1) is 0 Å². The van der Waals surface area contributed by atoms with Crippen LogP contribution in [0.25, 0.3) is 0 Å². The highest BCUT2D eigenvalue weighted by molar-refractivity contribution is 5.78. The lowest BCUT2D eigenvalue weighted by atomic mass is 10.1. The van der Waals surface area contributed by atoms with Crippen LogP contribution in [0.3, 0.4) is 0 Å². The molecule has 0 bridgehead atoms. The summed E-state index contributed by atoms with van der Waals surface area (Å²) in [6.45, 7) is 5.28. The maximum absolute atomic E-state index is 11.4. The standard InChI is InChI=1S/C12H24O4/c1-4-5-6-12(13)9-11(2)16-10-15-8-7-14-3/h11H,4-10H2,1-3H3. The molecule has 0 rings (SSSR count). The molecule has 0 aromatic carbocycles. The van der Waals surface area contributed by atoms with Crippen molar-refractivity contribution >= 4 is 5.78 Å². The molecule has 0 radical (unpaired) electrons. The molecule has 16 heavy (non-hydrogen) atoms. The second-order valence-corrected chi connectivity index (χ2v) is 3.84. The quantitative estimate of drug-likeness (QED) is 0.404. The van der Waals surface area contributed by atoms with Gasteiger partial charge in [-0.25, -0.2) is 0 Å². The first-order chi connectivity index (χ1) is 7.70. The van der Waals surface area contributed by atoms with Crippen LogP contribution in [0.4, 0.5) is 0 Å². The Labute approximate surface area is 98.3 Å². The Kier molecular flexibility index (Phi) is 10.7. The smallest absolute Gasteiger partial charge is 0.147 e. The number of hydrogen-bond acceptors (Lipinski definition) is 4.